The minimum absolute atomic E-state index is 0.217. The van der Waals surface area contributed by atoms with E-state index >= 15 is 0 Å². The molecule has 130 valence electrons. The summed E-state index contributed by atoms with van der Waals surface area (Å²) in [4.78, 5) is 19.7. The van der Waals surface area contributed by atoms with Crippen LogP contribution in [0.1, 0.15) is 43.1 Å². The van der Waals surface area contributed by atoms with E-state index in [1.165, 1.54) is 0 Å². The molecule has 1 atom stereocenters. The third-order valence-electron chi connectivity index (χ3n) is 4.03. The molecule has 0 saturated carbocycles. The fraction of sp³-hybridized carbons (Fsp3) is 0.263. The van der Waals surface area contributed by atoms with Gasteiger partial charge in [0.2, 0.25) is 0 Å². The number of hydrogen-bond donors (Lipinski definition) is 4. The number of carbonyl (C=O) groups is 1. The number of aromatic amines is 1. The topological polar surface area (TPSA) is 104 Å². The van der Waals surface area contributed by atoms with Crippen LogP contribution in [-0.4, -0.2) is 21.0 Å². The van der Waals surface area contributed by atoms with E-state index in [4.69, 9.17) is 5.73 Å². The number of aliphatic hydroxyl groups is 1. The van der Waals surface area contributed by atoms with E-state index in [0.29, 0.717) is 22.4 Å². The molecule has 1 heterocycles. The quantitative estimate of drug-likeness (QED) is 0.549. The SMILES string of the molecule is CC(C)(C)C(O)c1ccc2nc(C(=O)Nc3ccc(N)cc3)[nH]c2c1. The van der Waals surface area contributed by atoms with Crippen molar-refractivity contribution in [1.29, 1.82) is 0 Å². The summed E-state index contributed by atoms with van der Waals surface area (Å²) in [6.07, 6.45) is -0.604. The number of nitrogens with two attached hydrogens (primary N) is 1. The van der Waals surface area contributed by atoms with Crippen molar-refractivity contribution in [3.8, 4) is 0 Å². The number of rotatable bonds is 3. The van der Waals surface area contributed by atoms with Crippen LogP contribution >= 0.6 is 0 Å². The van der Waals surface area contributed by atoms with Gasteiger partial charge in [-0.2, -0.15) is 0 Å². The van der Waals surface area contributed by atoms with E-state index < -0.39 is 6.10 Å². The third kappa shape index (κ3) is 3.64. The number of carbonyl (C=O) groups excluding carboxylic acids is 1. The second-order valence-corrected chi connectivity index (χ2v) is 7.21. The molecule has 0 spiro atoms. The molecule has 6 heteroatoms. The minimum atomic E-state index is -0.604. The number of anilines is 2. The van der Waals surface area contributed by atoms with Crippen LogP contribution in [0.15, 0.2) is 42.5 Å². The first-order valence-electron chi connectivity index (χ1n) is 8.08. The van der Waals surface area contributed by atoms with E-state index in [-0.39, 0.29) is 17.1 Å². The molecule has 1 amide bonds. The number of imidazole rings is 1. The van der Waals surface area contributed by atoms with Gasteiger partial charge in [-0.25, -0.2) is 4.98 Å². The first kappa shape index (κ1) is 17.0. The average Bonchev–Trinajstić information content (AvgIpc) is 2.98. The minimum Gasteiger partial charge on any atom is -0.399 e. The van der Waals surface area contributed by atoms with Gasteiger partial charge in [0.15, 0.2) is 5.82 Å². The van der Waals surface area contributed by atoms with Crippen molar-refractivity contribution in [2.24, 2.45) is 5.41 Å². The van der Waals surface area contributed by atoms with Crippen LogP contribution in [0.25, 0.3) is 11.0 Å². The fourth-order valence-corrected chi connectivity index (χ4v) is 2.56. The normalized spacial score (nSPS) is 13.0. The highest BCUT2D eigenvalue weighted by molar-refractivity contribution is 6.03. The maximum atomic E-state index is 12.4. The lowest BCUT2D eigenvalue weighted by molar-refractivity contribution is 0.0628. The molecule has 3 aromatic rings. The molecule has 3 rings (SSSR count). The summed E-state index contributed by atoms with van der Waals surface area (Å²) in [5.74, 6) is -0.117. The van der Waals surface area contributed by atoms with Crippen LogP contribution in [0.5, 0.6) is 0 Å². The largest absolute Gasteiger partial charge is 0.399 e. The average molecular weight is 338 g/mol. The van der Waals surface area contributed by atoms with E-state index in [2.05, 4.69) is 15.3 Å². The Kier molecular flexibility index (Phi) is 4.22. The van der Waals surface area contributed by atoms with Gasteiger partial charge in [0, 0.05) is 11.4 Å². The van der Waals surface area contributed by atoms with Crippen molar-refractivity contribution >= 4 is 28.3 Å². The molecule has 0 saturated heterocycles. The Hall–Kier alpha value is -2.86. The van der Waals surface area contributed by atoms with Gasteiger partial charge < -0.3 is 21.1 Å². The summed E-state index contributed by atoms with van der Waals surface area (Å²) in [5, 5.41) is 13.2. The van der Waals surface area contributed by atoms with Crippen LogP contribution in [0.2, 0.25) is 0 Å². The van der Waals surface area contributed by atoms with Gasteiger partial charge in [0.05, 0.1) is 17.1 Å². The van der Waals surface area contributed by atoms with Crippen molar-refractivity contribution in [2.75, 3.05) is 11.1 Å². The Bertz CT molecular complexity index is 907. The van der Waals surface area contributed by atoms with Crippen molar-refractivity contribution in [1.82, 2.24) is 9.97 Å². The van der Waals surface area contributed by atoms with Crippen LogP contribution in [0, 0.1) is 5.41 Å². The van der Waals surface area contributed by atoms with Gasteiger partial charge in [-0.15, -0.1) is 0 Å². The number of fused-ring (bicyclic) bond motifs is 1. The summed E-state index contributed by atoms with van der Waals surface area (Å²) in [6.45, 7) is 5.92. The van der Waals surface area contributed by atoms with Gasteiger partial charge in [0.25, 0.3) is 5.91 Å². The smallest absolute Gasteiger partial charge is 0.291 e. The lowest BCUT2D eigenvalue weighted by Gasteiger charge is -2.26. The summed E-state index contributed by atoms with van der Waals surface area (Å²) < 4.78 is 0. The molecular formula is C19H22N4O2. The first-order chi connectivity index (χ1) is 11.7. The predicted octanol–water partition coefficient (Wildman–Crippen LogP) is 3.48. The zero-order valence-electron chi connectivity index (χ0n) is 14.5. The summed E-state index contributed by atoms with van der Waals surface area (Å²) in [6, 6.07) is 12.4. The molecule has 2 aromatic carbocycles. The maximum Gasteiger partial charge on any atom is 0.291 e. The summed E-state index contributed by atoms with van der Waals surface area (Å²) in [7, 11) is 0. The van der Waals surface area contributed by atoms with Gasteiger partial charge in [-0.1, -0.05) is 26.8 Å². The van der Waals surface area contributed by atoms with Crippen molar-refractivity contribution < 1.29 is 9.90 Å². The van der Waals surface area contributed by atoms with Crippen LogP contribution in [0.3, 0.4) is 0 Å². The molecule has 25 heavy (non-hydrogen) atoms. The second kappa shape index (κ2) is 6.22. The van der Waals surface area contributed by atoms with Gasteiger partial charge in [-0.05, 0) is 47.4 Å². The summed E-state index contributed by atoms with van der Waals surface area (Å²) >= 11 is 0. The Morgan fingerprint density at radius 3 is 2.52 bits per heavy atom. The highest BCUT2D eigenvalue weighted by atomic mass is 16.3. The zero-order chi connectivity index (χ0) is 18.2. The van der Waals surface area contributed by atoms with Crippen molar-refractivity contribution in [2.45, 2.75) is 26.9 Å². The number of nitrogens with one attached hydrogen (secondary N) is 2. The molecule has 0 bridgehead atoms. The number of benzene rings is 2. The van der Waals surface area contributed by atoms with Gasteiger partial charge >= 0.3 is 0 Å². The highest BCUT2D eigenvalue weighted by Crippen LogP contribution is 2.33. The van der Waals surface area contributed by atoms with Gasteiger partial charge in [0.1, 0.15) is 0 Å². The molecule has 0 aliphatic carbocycles. The van der Waals surface area contributed by atoms with E-state index in [1.54, 1.807) is 30.3 Å². The Labute approximate surface area is 146 Å². The van der Waals surface area contributed by atoms with Crippen molar-refractivity contribution in [3.63, 3.8) is 0 Å². The molecule has 0 radical (unpaired) electrons. The zero-order valence-corrected chi connectivity index (χ0v) is 14.5. The predicted molar refractivity (Wildman–Crippen MR) is 99.3 cm³/mol. The third-order valence-corrected chi connectivity index (χ3v) is 4.03. The Balaban J connectivity index is 1.85. The van der Waals surface area contributed by atoms with Crippen LogP contribution in [0.4, 0.5) is 11.4 Å². The van der Waals surface area contributed by atoms with Crippen molar-refractivity contribution in [3.05, 3.63) is 53.9 Å². The molecule has 1 unspecified atom stereocenters. The number of aliphatic hydroxyl groups excluding tert-OH is 1. The molecule has 0 aliphatic rings. The number of aromatic nitrogens is 2. The maximum absolute atomic E-state index is 12.4. The standard InChI is InChI=1S/C19H22N4O2/c1-19(2,3)16(24)11-4-9-14-15(10-11)23-17(22-14)18(25)21-13-7-5-12(20)6-8-13/h4-10,16,24H,20H2,1-3H3,(H,21,25)(H,22,23). The van der Waals surface area contributed by atoms with Crippen LogP contribution in [-0.2, 0) is 0 Å². The summed E-state index contributed by atoms with van der Waals surface area (Å²) in [5.41, 5.74) is 8.81. The second-order valence-electron chi connectivity index (χ2n) is 7.21. The van der Waals surface area contributed by atoms with Gasteiger partial charge in [-0.3, -0.25) is 4.79 Å². The molecule has 0 fully saturated rings. The number of amides is 1. The Morgan fingerprint density at radius 1 is 1.20 bits per heavy atom. The fourth-order valence-electron chi connectivity index (χ4n) is 2.56. The van der Waals surface area contributed by atoms with E-state index in [1.807, 2.05) is 32.9 Å². The van der Waals surface area contributed by atoms with E-state index in [9.17, 15) is 9.90 Å². The Morgan fingerprint density at radius 2 is 1.88 bits per heavy atom. The lowest BCUT2D eigenvalue weighted by atomic mass is 9.85. The molecule has 5 N–H and O–H groups in total. The highest BCUT2D eigenvalue weighted by Gasteiger charge is 2.24. The van der Waals surface area contributed by atoms with E-state index in [0.717, 1.165) is 5.56 Å². The molecule has 0 aliphatic heterocycles. The number of nitrogen functional groups attached to an aromatic ring is 1. The molecule has 1 aromatic heterocycles. The van der Waals surface area contributed by atoms with Crippen LogP contribution < -0.4 is 11.1 Å². The lowest BCUT2D eigenvalue weighted by Crippen LogP contribution is -2.17. The molecule has 6 nitrogen and oxygen atoms in total. The first-order valence-corrected chi connectivity index (χ1v) is 8.08. The number of H-pyrrole nitrogens is 1. The monoisotopic (exact) mass is 338 g/mol. The number of hydrogen-bond acceptors (Lipinski definition) is 4. The molecular weight excluding hydrogens is 316 g/mol. The number of nitrogens with zero attached hydrogens (tertiary/aromatic N) is 1.